The van der Waals surface area contributed by atoms with Crippen LogP contribution < -0.4 is 0 Å². The molecule has 0 aliphatic heterocycles. The Morgan fingerprint density at radius 1 is 1.12 bits per heavy atom. The molecule has 0 aromatic carbocycles. The van der Waals surface area contributed by atoms with Crippen molar-refractivity contribution in [1.82, 2.24) is 0 Å². The van der Waals surface area contributed by atoms with Gasteiger partial charge in [-0.25, -0.2) is 0 Å². The number of unbranched alkanes of at least 4 members (excludes halogenated alkanes) is 1. The minimum absolute atomic E-state index is 0.893. The van der Waals surface area contributed by atoms with E-state index in [1.807, 2.05) is 0 Å². The Morgan fingerprint density at radius 2 is 1.94 bits per heavy atom. The summed E-state index contributed by atoms with van der Waals surface area (Å²) in [5.41, 5.74) is 1.81. The minimum atomic E-state index is 0.893. The molecule has 0 amide bonds. The van der Waals surface area contributed by atoms with Crippen molar-refractivity contribution in [3.63, 3.8) is 0 Å². The third-order valence-electron chi connectivity index (χ3n) is 7.66. The second-order valence-electron chi connectivity index (χ2n) is 7.52. The second kappa shape index (κ2) is 3.11. The molecular formula is C17H28. The molecule has 4 fully saturated rings. The number of fused-ring (bicyclic) bond motifs is 2. The molecule has 0 saturated heterocycles. The van der Waals surface area contributed by atoms with Gasteiger partial charge in [0.15, 0.2) is 0 Å². The van der Waals surface area contributed by atoms with Gasteiger partial charge in [-0.2, -0.15) is 0 Å². The molecule has 0 aromatic rings. The SMILES string of the molecule is CCCCC1C2CC3C4(CC)C(CC)C34CC12. The predicted octanol–water partition coefficient (Wildman–Crippen LogP) is 4.89. The van der Waals surface area contributed by atoms with Crippen molar-refractivity contribution in [1.29, 1.82) is 0 Å². The van der Waals surface area contributed by atoms with E-state index in [0.717, 1.165) is 16.7 Å². The molecule has 17 heavy (non-hydrogen) atoms. The van der Waals surface area contributed by atoms with Crippen LogP contribution in [-0.4, -0.2) is 0 Å². The fourth-order valence-electron chi connectivity index (χ4n) is 7.03. The first kappa shape index (κ1) is 10.9. The van der Waals surface area contributed by atoms with Gasteiger partial charge in [0.2, 0.25) is 0 Å². The smallest absolute Gasteiger partial charge is 0.0165 e. The summed E-state index contributed by atoms with van der Waals surface area (Å²) in [6, 6.07) is 0. The van der Waals surface area contributed by atoms with Crippen LogP contribution in [0.15, 0.2) is 0 Å². The summed E-state index contributed by atoms with van der Waals surface area (Å²) in [4.78, 5) is 0. The van der Waals surface area contributed by atoms with Gasteiger partial charge in [0.25, 0.3) is 0 Å². The molecule has 4 rings (SSSR count). The van der Waals surface area contributed by atoms with Crippen molar-refractivity contribution < 1.29 is 0 Å². The van der Waals surface area contributed by atoms with Crippen LogP contribution in [0, 0.1) is 40.4 Å². The summed E-state index contributed by atoms with van der Waals surface area (Å²) < 4.78 is 0. The van der Waals surface area contributed by atoms with E-state index < -0.39 is 0 Å². The van der Waals surface area contributed by atoms with Gasteiger partial charge in [0.1, 0.15) is 0 Å². The van der Waals surface area contributed by atoms with Crippen molar-refractivity contribution in [3.05, 3.63) is 0 Å². The third kappa shape index (κ3) is 0.965. The highest BCUT2D eigenvalue weighted by Gasteiger charge is 2.96. The summed E-state index contributed by atoms with van der Waals surface area (Å²) in [5.74, 6) is 5.88. The molecule has 0 heteroatoms. The lowest BCUT2D eigenvalue weighted by atomic mass is 9.80. The Hall–Kier alpha value is 0. The molecule has 0 heterocycles. The fraction of sp³-hybridized carbons (Fsp3) is 1.00. The highest BCUT2D eigenvalue weighted by molar-refractivity contribution is 5.43. The Balaban J connectivity index is 1.44. The number of hydrogen-bond acceptors (Lipinski definition) is 0. The zero-order valence-electron chi connectivity index (χ0n) is 11.8. The summed E-state index contributed by atoms with van der Waals surface area (Å²) in [6.07, 6.45) is 10.7. The van der Waals surface area contributed by atoms with E-state index in [1.54, 1.807) is 19.3 Å². The average Bonchev–Trinajstić information content (AvgIpc) is 3.24. The van der Waals surface area contributed by atoms with Crippen molar-refractivity contribution in [2.75, 3.05) is 0 Å². The van der Waals surface area contributed by atoms with E-state index in [4.69, 9.17) is 0 Å². The van der Waals surface area contributed by atoms with Crippen molar-refractivity contribution in [2.24, 2.45) is 40.4 Å². The first-order valence-electron chi connectivity index (χ1n) is 8.27. The highest BCUT2D eigenvalue weighted by atomic mass is 15.0. The Kier molecular flexibility index (Phi) is 1.99. The van der Waals surface area contributed by atoms with Gasteiger partial charge >= 0.3 is 0 Å². The standard InChI is InChI=1S/C17H28/c1-4-7-8-11-12-9-15-16(6-3)14(5-2)17(15,16)10-13(11)12/h11-15H,4-10H2,1-3H3. The van der Waals surface area contributed by atoms with Crippen molar-refractivity contribution >= 4 is 0 Å². The van der Waals surface area contributed by atoms with E-state index in [-0.39, 0.29) is 0 Å². The van der Waals surface area contributed by atoms with Crippen LogP contribution in [0.1, 0.15) is 65.7 Å². The van der Waals surface area contributed by atoms with Crippen LogP contribution in [0.2, 0.25) is 0 Å². The van der Waals surface area contributed by atoms with Gasteiger partial charge in [-0.15, -0.1) is 0 Å². The predicted molar refractivity (Wildman–Crippen MR) is 71.7 cm³/mol. The molecule has 96 valence electrons. The first-order valence-corrected chi connectivity index (χ1v) is 8.27. The maximum atomic E-state index is 2.47. The van der Waals surface area contributed by atoms with Crippen molar-refractivity contribution in [2.45, 2.75) is 65.7 Å². The van der Waals surface area contributed by atoms with Crippen molar-refractivity contribution in [3.8, 4) is 0 Å². The summed E-state index contributed by atoms with van der Waals surface area (Å²) >= 11 is 0. The van der Waals surface area contributed by atoms with Gasteiger partial charge < -0.3 is 0 Å². The number of rotatable bonds is 5. The third-order valence-corrected chi connectivity index (χ3v) is 7.66. The maximum absolute atomic E-state index is 2.47. The van der Waals surface area contributed by atoms with E-state index >= 15 is 0 Å². The Labute approximate surface area is 107 Å². The maximum Gasteiger partial charge on any atom is -0.0165 e. The molecule has 0 bridgehead atoms. The lowest BCUT2D eigenvalue weighted by molar-refractivity contribution is 0.241. The molecule has 4 saturated carbocycles. The summed E-state index contributed by atoms with van der Waals surface area (Å²) in [7, 11) is 0. The summed E-state index contributed by atoms with van der Waals surface area (Å²) in [5, 5.41) is 0. The van der Waals surface area contributed by atoms with Gasteiger partial charge in [-0.1, -0.05) is 40.0 Å². The van der Waals surface area contributed by atoms with Crippen LogP contribution in [0.25, 0.3) is 0 Å². The Morgan fingerprint density at radius 3 is 2.59 bits per heavy atom. The molecule has 0 radical (unpaired) electrons. The molecular weight excluding hydrogens is 204 g/mol. The van der Waals surface area contributed by atoms with Crippen LogP contribution in [0.3, 0.4) is 0 Å². The van der Waals surface area contributed by atoms with Crippen LogP contribution in [-0.2, 0) is 0 Å². The van der Waals surface area contributed by atoms with Crippen LogP contribution >= 0.6 is 0 Å². The van der Waals surface area contributed by atoms with Gasteiger partial charge in [0.05, 0.1) is 0 Å². The lowest BCUT2D eigenvalue weighted by Gasteiger charge is -2.24. The molecule has 0 N–H and O–H groups in total. The lowest BCUT2D eigenvalue weighted by Crippen LogP contribution is -2.17. The highest BCUT2D eigenvalue weighted by Crippen LogP contribution is 3.01. The van der Waals surface area contributed by atoms with Gasteiger partial charge in [0, 0.05) is 0 Å². The van der Waals surface area contributed by atoms with E-state index in [2.05, 4.69) is 20.8 Å². The summed E-state index contributed by atoms with van der Waals surface area (Å²) in [6.45, 7) is 7.25. The molecule has 4 aliphatic rings. The van der Waals surface area contributed by atoms with Gasteiger partial charge in [-0.3, -0.25) is 0 Å². The van der Waals surface area contributed by atoms with Gasteiger partial charge in [-0.05, 0) is 66.1 Å². The zero-order valence-corrected chi connectivity index (χ0v) is 11.8. The van der Waals surface area contributed by atoms with E-state index in [1.165, 1.54) is 49.4 Å². The molecule has 0 nitrogen and oxygen atoms in total. The van der Waals surface area contributed by atoms with E-state index in [0.29, 0.717) is 0 Å². The normalized spacial score (nSPS) is 61.2. The quantitative estimate of drug-likeness (QED) is 0.633. The molecule has 4 aliphatic carbocycles. The molecule has 7 unspecified atom stereocenters. The second-order valence-corrected chi connectivity index (χ2v) is 7.52. The fourth-order valence-corrected chi connectivity index (χ4v) is 7.03. The minimum Gasteiger partial charge on any atom is -0.0654 e. The van der Waals surface area contributed by atoms with E-state index in [9.17, 15) is 0 Å². The Bertz CT molecular complexity index is 346. The average molecular weight is 232 g/mol. The van der Waals surface area contributed by atoms with Crippen LogP contribution in [0.4, 0.5) is 0 Å². The molecule has 0 aromatic heterocycles. The molecule has 1 spiro atoms. The topological polar surface area (TPSA) is 0 Å². The first-order chi connectivity index (χ1) is 8.27. The van der Waals surface area contributed by atoms with Crippen LogP contribution in [0.5, 0.6) is 0 Å². The monoisotopic (exact) mass is 232 g/mol. The zero-order chi connectivity index (χ0) is 11.8. The molecule has 7 atom stereocenters. The number of hydrogen-bond donors (Lipinski definition) is 0. The largest absolute Gasteiger partial charge is 0.0654 e.